The van der Waals surface area contributed by atoms with Crippen molar-refractivity contribution in [2.75, 3.05) is 0 Å². The molecule has 0 bridgehead atoms. The summed E-state index contributed by atoms with van der Waals surface area (Å²) in [6.45, 7) is 0. The smallest absolute Gasteiger partial charge is 0.0673 e. The van der Waals surface area contributed by atoms with Crippen LogP contribution in [0.4, 0.5) is 0 Å². The van der Waals surface area contributed by atoms with E-state index in [1.165, 1.54) is 78.2 Å². The highest BCUT2D eigenvalue weighted by Gasteiger charge is 2.44. The molecule has 0 saturated carbocycles. The van der Waals surface area contributed by atoms with Gasteiger partial charge in [-0.1, -0.05) is 103 Å². The first-order valence-corrected chi connectivity index (χ1v) is 20.7. The van der Waals surface area contributed by atoms with Gasteiger partial charge in [-0.05, 0) is 122 Å². The Kier molecular flexibility index (Phi) is 7.27. The van der Waals surface area contributed by atoms with E-state index in [9.17, 15) is 0 Å². The third kappa shape index (κ3) is 4.76. The summed E-state index contributed by atoms with van der Waals surface area (Å²) in [5.41, 5.74) is 18.4. The molecule has 0 radical (unpaired) electrons. The summed E-state index contributed by atoms with van der Waals surface area (Å²) < 4.78 is 5.56. The van der Waals surface area contributed by atoms with Crippen molar-refractivity contribution in [1.82, 2.24) is 9.13 Å². The van der Waals surface area contributed by atoms with Crippen LogP contribution in [0.5, 0.6) is 0 Å². The summed E-state index contributed by atoms with van der Waals surface area (Å²) in [7, 11) is 0. The molecule has 6 aliphatic carbocycles. The zero-order valence-electron chi connectivity index (χ0n) is 29.5. The molecule has 4 aromatic rings. The average molecular weight is 683 g/mol. The number of hydrogen-bond donors (Lipinski definition) is 0. The van der Waals surface area contributed by atoms with Gasteiger partial charge in [0.05, 0.1) is 11.6 Å². The molecule has 3 heteroatoms. The molecule has 11 rings (SSSR count). The number of nitrogens with zero attached hydrogens (tertiary/aromatic N) is 2. The molecule has 3 heterocycles. The Hall–Kier alpha value is -4.21. The van der Waals surface area contributed by atoms with Crippen LogP contribution in [0.15, 0.2) is 108 Å². The Balaban J connectivity index is 1.02. The largest absolute Gasteiger partial charge is 0.337 e. The second-order valence-corrected chi connectivity index (χ2v) is 17.0. The average Bonchev–Trinajstić information content (AvgIpc) is 3.86. The van der Waals surface area contributed by atoms with E-state index in [2.05, 4.69) is 130 Å². The Bertz CT molecular complexity index is 2310. The predicted octanol–water partition coefficient (Wildman–Crippen LogP) is 12.4. The van der Waals surface area contributed by atoms with Crippen LogP contribution in [0.2, 0.25) is 0 Å². The summed E-state index contributed by atoms with van der Waals surface area (Å²) in [4.78, 5) is 1.58. The first-order chi connectivity index (χ1) is 25.3. The number of thioether (sulfide) groups is 1. The Morgan fingerprint density at radius 2 is 1.61 bits per heavy atom. The van der Waals surface area contributed by atoms with Crippen molar-refractivity contribution in [2.45, 2.75) is 99.2 Å². The quantitative estimate of drug-likeness (QED) is 0.208. The molecular weight excluding hydrogens is 637 g/mol. The SMILES string of the molecule is C1=CC(C2CC=C(n3c4c(c5ccc6c(c53)SC3CCc5c(c7c(n5C5C=CC(c8ccccc8)=CC5)C=CCC7)C63)C=CCC4)CC2)=CCC1. The van der Waals surface area contributed by atoms with Crippen LogP contribution in [-0.2, 0) is 19.3 Å². The van der Waals surface area contributed by atoms with E-state index in [-0.39, 0.29) is 0 Å². The standard InChI is InChI=1S/C48H46N2S/c1-3-11-31(12-4-1)33-19-23-35(24-20-33)49-42-18-10-8-16-39(42)45-43(49)29-30-44-46(45)40-28-27-38-37-15-7-9-17-41(37)50(47(38)48(40)51-44)36-25-21-34(22-26-36)32-13-5-2-6-14-32/h1,3-5,7,10-15,18-20,23,25,27-28,34-35,44,46H,2,6,8-9,16-17,21-22,24,26,29-30H2. The van der Waals surface area contributed by atoms with Crippen LogP contribution >= 0.6 is 11.8 Å². The predicted molar refractivity (Wildman–Crippen MR) is 216 cm³/mol. The summed E-state index contributed by atoms with van der Waals surface area (Å²) >= 11 is 2.23. The van der Waals surface area contributed by atoms with Crippen molar-refractivity contribution in [3.63, 3.8) is 0 Å². The Morgan fingerprint density at radius 3 is 2.45 bits per heavy atom. The summed E-state index contributed by atoms with van der Waals surface area (Å²) in [5, 5.41) is 2.09. The Morgan fingerprint density at radius 1 is 0.706 bits per heavy atom. The van der Waals surface area contributed by atoms with E-state index < -0.39 is 0 Å². The second kappa shape index (κ2) is 12.2. The van der Waals surface area contributed by atoms with Gasteiger partial charge in [0.2, 0.25) is 0 Å². The maximum Gasteiger partial charge on any atom is 0.0673 e. The molecule has 254 valence electrons. The highest BCUT2D eigenvalue weighted by atomic mass is 32.2. The molecule has 0 fully saturated rings. The Labute approximate surface area is 306 Å². The van der Waals surface area contributed by atoms with Gasteiger partial charge in [0.1, 0.15) is 0 Å². The van der Waals surface area contributed by atoms with Crippen LogP contribution in [0, 0.1) is 5.92 Å². The summed E-state index contributed by atoms with van der Waals surface area (Å²) in [6, 6.07) is 16.3. The van der Waals surface area contributed by atoms with Crippen LogP contribution in [-0.4, -0.2) is 14.4 Å². The van der Waals surface area contributed by atoms with Gasteiger partial charge in [0.25, 0.3) is 0 Å². The van der Waals surface area contributed by atoms with Gasteiger partial charge < -0.3 is 9.13 Å². The van der Waals surface area contributed by atoms with Crippen LogP contribution in [0.1, 0.15) is 115 Å². The summed E-state index contributed by atoms with van der Waals surface area (Å²) in [5.74, 6) is 1.15. The molecule has 1 aliphatic heterocycles. The van der Waals surface area contributed by atoms with E-state index in [4.69, 9.17) is 0 Å². The highest BCUT2D eigenvalue weighted by molar-refractivity contribution is 8.00. The lowest BCUT2D eigenvalue weighted by Crippen LogP contribution is -2.23. The minimum absolute atomic E-state index is 0.378. The van der Waals surface area contributed by atoms with Gasteiger partial charge in [0.15, 0.2) is 0 Å². The van der Waals surface area contributed by atoms with Crippen LogP contribution in [0.25, 0.3) is 34.3 Å². The number of fused-ring (bicyclic) bond motifs is 11. The molecule has 2 nitrogen and oxygen atoms in total. The fraction of sp³-hybridized carbons (Fsp3) is 0.333. The first kappa shape index (κ1) is 30.4. The van der Waals surface area contributed by atoms with E-state index in [0.29, 0.717) is 23.1 Å². The lowest BCUT2D eigenvalue weighted by atomic mass is 9.78. The molecule has 4 unspecified atom stereocenters. The number of hydrogen-bond acceptors (Lipinski definition) is 1. The van der Waals surface area contributed by atoms with Crippen molar-refractivity contribution in [2.24, 2.45) is 5.92 Å². The van der Waals surface area contributed by atoms with Gasteiger partial charge in [-0.25, -0.2) is 0 Å². The molecule has 0 spiro atoms. The highest BCUT2D eigenvalue weighted by Crippen LogP contribution is 2.59. The minimum atomic E-state index is 0.378. The molecule has 7 aliphatic rings. The molecular formula is C48H46N2S. The van der Waals surface area contributed by atoms with Crippen molar-refractivity contribution in [3.8, 4) is 0 Å². The molecule has 2 aromatic carbocycles. The third-order valence-corrected chi connectivity index (χ3v) is 14.5. The number of benzene rings is 2. The maximum absolute atomic E-state index is 2.78. The van der Waals surface area contributed by atoms with Gasteiger partial charge in [-0.3, -0.25) is 0 Å². The maximum atomic E-state index is 2.78. The third-order valence-electron chi connectivity index (χ3n) is 13.1. The summed E-state index contributed by atoms with van der Waals surface area (Å²) in [6.07, 6.45) is 41.1. The molecule has 0 amide bonds. The molecule has 0 saturated heterocycles. The lowest BCUT2D eigenvalue weighted by Gasteiger charge is -2.30. The number of rotatable bonds is 4. The van der Waals surface area contributed by atoms with Crippen LogP contribution in [0.3, 0.4) is 0 Å². The lowest BCUT2D eigenvalue weighted by molar-refractivity contribution is 0.543. The van der Waals surface area contributed by atoms with E-state index >= 15 is 0 Å². The minimum Gasteiger partial charge on any atom is -0.337 e. The van der Waals surface area contributed by atoms with E-state index in [1.54, 1.807) is 44.2 Å². The molecule has 4 atom stereocenters. The zero-order valence-corrected chi connectivity index (χ0v) is 30.3. The van der Waals surface area contributed by atoms with Crippen molar-refractivity contribution >= 4 is 46.1 Å². The van der Waals surface area contributed by atoms with Crippen molar-refractivity contribution < 1.29 is 0 Å². The molecule has 0 N–H and O–H groups in total. The zero-order chi connectivity index (χ0) is 33.5. The van der Waals surface area contributed by atoms with Gasteiger partial charge in [-0.2, -0.15) is 0 Å². The fourth-order valence-electron chi connectivity index (χ4n) is 10.7. The monoisotopic (exact) mass is 682 g/mol. The van der Waals surface area contributed by atoms with Crippen molar-refractivity contribution in [3.05, 3.63) is 148 Å². The second-order valence-electron chi connectivity index (χ2n) is 15.8. The molecule has 51 heavy (non-hydrogen) atoms. The van der Waals surface area contributed by atoms with Gasteiger partial charge in [0, 0.05) is 49.8 Å². The van der Waals surface area contributed by atoms with Gasteiger partial charge in [-0.15, -0.1) is 11.8 Å². The van der Waals surface area contributed by atoms with E-state index in [1.807, 2.05) is 0 Å². The first-order valence-electron chi connectivity index (χ1n) is 19.8. The van der Waals surface area contributed by atoms with Gasteiger partial charge >= 0.3 is 0 Å². The topological polar surface area (TPSA) is 9.86 Å². The fourth-order valence-corrected chi connectivity index (χ4v) is 12.4. The number of allylic oxidation sites excluding steroid dienone is 12. The van der Waals surface area contributed by atoms with Crippen LogP contribution < -0.4 is 0 Å². The number of aromatic nitrogens is 2. The van der Waals surface area contributed by atoms with E-state index in [0.717, 1.165) is 32.1 Å². The normalized spacial score (nSPS) is 25.8. The molecule has 2 aromatic heterocycles. The van der Waals surface area contributed by atoms with Crippen molar-refractivity contribution in [1.29, 1.82) is 0 Å².